The first-order valence-electron chi connectivity index (χ1n) is 4.61. The summed E-state index contributed by atoms with van der Waals surface area (Å²) in [5, 5.41) is 0.197. The summed E-state index contributed by atoms with van der Waals surface area (Å²) in [6.07, 6.45) is 5.35. The number of amides is 1. The molecule has 1 unspecified atom stereocenters. The minimum Gasteiger partial charge on any atom is -0.342 e. The summed E-state index contributed by atoms with van der Waals surface area (Å²) >= 11 is 1.67. The molecule has 0 aliphatic carbocycles. The van der Waals surface area contributed by atoms with Crippen LogP contribution in [0, 0.1) is 0 Å². The Bertz CT molecular complexity index is 147. The fraction of sp³-hybridized carbons (Fsp3) is 0.889. The summed E-state index contributed by atoms with van der Waals surface area (Å²) in [5.74, 6) is 0.350. The largest absolute Gasteiger partial charge is 0.342 e. The molecule has 0 aromatic carbocycles. The maximum absolute atomic E-state index is 11.7. The highest BCUT2D eigenvalue weighted by Gasteiger charge is 2.23. The van der Waals surface area contributed by atoms with Crippen molar-refractivity contribution in [1.29, 1.82) is 0 Å². The summed E-state index contributed by atoms with van der Waals surface area (Å²) < 4.78 is 0. The molecular formula is C9H17NOS. The number of hydrogen-bond acceptors (Lipinski definition) is 2. The molecule has 0 aromatic rings. The van der Waals surface area contributed by atoms with Crippen LogP contribution in [-0.4, -0.2) is 35.4 Å². The van der Waals surface area contributed by atoms with Crippen LogP contribution >= 0.6 is 11.8 Å². The van der Waals surface area contributed by atoms with Gasteiger partial charge >= 0.3 is 0 Å². The zero-order valence-electron chi connectivity index (χ0n) is 7.88. The van der Waals surface area contributed by atoms with E-state index in [2.05, 4.69) is 6.92 Å². The van der Waals surface area contributed by atoms with E-state index in [-0.39, 0.29) is 5.25 Å². The SMILES string of the molecule is CCC(SC)C(=O)N1CCCC1. The smallest absolute Gasteiger partial charge is 0.235 e. The molecule has 1 rings (SSSR count). The maximum atomic E-state index is 11.7. The predicted molar refractivity (Wildman–Crippen MR) is 53.4 cm³/mol. The lowest BCUT2D eigenvalue weighted by atomic mass is 10.3. The zero-order valence-corrected chi connectivity index (χ0v) is 8.69. The fourth-order valence-electron chi connectivity index (χ4n) is 1.58. The van der Waals surface area contributed by atoms with Gasteiger partial charge in [-0.05, 0) is 25.5 Å². The van der Waals surface area contributed by atoms with Gasteiger partial charge in [0.2, 0.25) is 5.91 Å². The Morgan fingerprint density at radius 1 is 1.50 bits per heavy atom. The third-order valence-corrected chi connectivity index (χ3v) is 3.45. The molecule has 1 heterocycles. The Morgan fingerprint density at radius 2 is 2.08 bits per heavy atom. The van der Waals surface area contributed by atoms with Crippen molar-refractivity contribution in [3.8, 4) is 0 Å². The van der Waals surface area contributed by atoms with E-state index in [9.17, 15) is 4.79 Å². The first-order valence-corrected chi connectivity index (χ1v) is 5.90. The molecule has 0 spiro atoms. The van der Waals surface area contributed by atoms with Crippen molar-refractivity contribution >= 4 is 17.7 Å². The van der Waals surface area contributed by atoms with Crippen LogP contribution in [-0.2, 0) is 4.79 Å². The van der Waals surface area contributed by atoms with Gasteiger partial charge in [-0.15, -0.1) is 0 Å². The second kappa shape index (κ2) is 4.75. The van der Waals surface area contributed by atoms with Crippen molar-refractivity contribution in [2.24, 2.45) is 0 Å². The standard InChI is InChI=1S/C9H17NOS/c1-3-8(12-2)9(11)10-6-4-5-7-10/h8H,3-7H2,1-2H3. The lowest BCUT2D eigenvalue weighted by molar-refractivity contribution is -0.129. The molecule has 1 atom stereocenters. The zero-order chi connectivity index (χ0) is 8.97. The molecule has 3 heteroatoms. The molecule has 0 aromatic heterocycles. The number of thioether (sulfide) groups is 1. The van der Waals surface area contributed by atoms with Crippen LogP contribution in [0.4, 0.5) is 0 Å². The topological polar surface area (TPSA) is 20.3 Å². The number of likely N-dealkylation sites (tertiary alicyclic amines) is 1. The molecule has 1 fully saturated rings. The van der Waals surface area contributed by atoms with Crippen LogP contribution in [0.1, 0.15) is 26.2 Å². The van der Waals surface area contributed by atoms with Gasteiger partial charge in [-0.1, -0.05) is 6.92 Å². The summed E-state index contributed by atoms with van der Waals surface area (Å²) in [4.78, 5) is 13.7. The van der Waals surface area contributed by atoms with E-state index in [0.29, 0.717) is 5.91 Å². The van der Waals surface area contributed by atoms with Gasteiger partial charge in [-0.2, -0.15) is 11.8 Å². The Morgan fingerprint density at radius 3 is 2.50 bits per heavy atom. The van der Waals surface area contributed by atoms with Crippen LogP contribution in [0.3, 0.4) is 0 Å². The normalized spacial score (nSPS) is 19.7. The molecule has 12 heavy (non-hydrogen) atoms. The molecule has 0 bridgehead atoms. The lowest BCUT2D eigenvalue weighted by Gasteiger charge is -2.20. The molecule has 0 N–H and O–H groups in total. The second-order valence-corrected chi connectivity index (χ2v) is 4.21. The van der Waals surface area contributed by atoms with Crippen molar-refractivity contribution in [2.45, 2.75) is 31.4 Å². The van der Waals surface area contributed by atoms with E-state index in [1.54, 1.807) is 11.8 Å². The highest BCUT2D eigenvalue weighted by atomic mass is 32.2. The van der Waals surface area contributed by atoms with Crippen molar-refractivity contribution in [2.75, 3.05) is 19.3 Å². The number of hydrogen-bond donors (Lipinski definition) is 0. The van der Waals surface area contributed by atoms with Crippen LogP contribution < -0.4 is 0 Å². The maximum Gasteiger partial charge on any atom is 0.235 e. The molecule has 1 aliphatic rings. The lowest BCUT2D eigenvalue weighted by Crippen LogP contribution is -2.35. The van der Waals surface area contributed by atoms with E-state index >= 15 is 0 Å². The first-order chi connectivity index (χ1) is 5.79. The van der Waals surface area contributed by atoms with Crippen LogP contribution in [0.2, 0.25) is 0 Å². The minimum atomic E-state index is 0.197. The van der Waals surface area contributed by atoms with E-state index in [4.69, 9.17) is 0 Å². The first kappa shape index (κ1) is 9.90. The Balaban J connectivity index is 2.43. The van der Waals surface area contributed by atoms with Crippen molar-refractivity contribution in [3.05, 3.63) is 0 Å². The quantitative estimate of drug-likeness (QED) is 0.671. The number of carbonyl (C=O) groups is 1. The molecule has 1 saturated heterocycles. The highest BCUT2D eigenvalue weighted by Crippen LogP contribution is 2.17. The van der Waals surface area contributed by atoms with Gasteiger partial charge in [0, 0.05) is 13.1 Å². The van der Waals surface area contributed by atoms with E-state index in [0.717, 1.165) is 19.5 Å². The number of rotatable bonds is 3. The Kier molecular flexibility index (Phi) is 3.92. The van der Waals surface area contributed by atoms with E-state index in [1.165, 1.54) is 12.8 Å². The van der Waals surface area contributed by atoms with Crippen molar-refractivity contribution in [1.82, 2.24) is 4.90 Å². The molecule has 1 aliphatic heterocycles. The molecule has 0 saturated carbocycles. The average Bonchev–Trinajstić information content (AvgIpc) is 2.58. The van der Waals surface area contributed by atoms with Crippen molar-refractivity contribution < 1.29 is 4.79 Å². The van der Waals surface area contributed by atoms with Gasteiger partial charge in [0.05, 0.1) is 5.25 Å². The molecule has 1 amide bonds. The van der Waals surface area contributed by atoms with Crippen LogP contribution in [0.15, 0.2) is 0 Å². The number of nitrogens with zero attached hydrogens (tertiary/aromatic N) is 1. The summed E-state index contributed by atoms with van der Waals surface area (Å²) in [6, 6.07) is 0. The summed E-state index contributed by atoms with van der Waals surface area (Å²) in [5.41, 5.74) is 0. The van der Waals surface area contributed by atoms with Gasteiger partial charge in [0.15, 0.2) is 0 Å². The van der Waals surface area contributed by atoms with Crippen molar-refractivity contribution in [3.63, 3.8) is 0 Å². The summed E-state index contributed by atoms with van der Waals surface area (Å²) in [7, 11) is 0. The monoisotopic (exact) mass is 187 g/mol. The van der Waals surface area contributed by atoms with Crippen LogP contribution in [0.5, 0.6) is 0 Å². The van der Waals surface area contributed by atoms with Gasteiger partial charge in [0.1, 0.15) is 0 Å². The minimum absolute atomic E-state index is 0.197. The third-order valence-electron chi connectivity index (χ3n) is 2.35. The summed E-state index contributed by atoms with van der Waals surface area (Å²) in [6.45, 7) is 4.04. The van der Waals surface area contributed by atoms with Gasteiger partial charge in [-0.3, -0.25) is 4.79 Å². The average molecular weight is 187 g/mol. The van der Waals surface area contributed by atoms with E-state index < -0.39 is 0 Å². The highest BCUT2D eigenvalue weighted by molar-refractivity contribution is 7.99. The number of carbonyl (C=O) groups excluding carboxylic acids is 1. The second-order valence-electron chi connectivity index (χ2n) is 3.16. The van der Waals surface area contributed by atoms with E-state index in [1.807, 2.05) is 11.2 Å². The fourth-order valence-corrected chi connectivity index (χ4v) is 2.27. The Hall–Kier alpha value is -0.180. The Labute approximate surface area is 78.7 Å². The molecule has 70 valence electrons. The molecule has 2 nitrogen and oxygen atoms in total. The molecular weight excluding hydrogens is 170 g/mol. The van der Waals surface area contributed by atoms with Gasteiger partial charge < -0.3 is 4.90 Å². The van der Waals surface area contributed by atoms with Crippen LogP contribution in [0.25, 0.3) is 0 Å². The van der Waals surface area contributed by atoms with Gasteiger partial charge in [0.25, 0.3) is 0 Å². The molecule has 0 radical (unpaired) electrons. The third kappa shape index (κ3) is 2.16. The predicted octanol–water partition coefficient (Wildman–Crippen LogP) is 1.75. The van der Waals surface area contributed by atoms with Gasteiger partial charge in [-0.25, -0.2) is 0 Å².